The first kappa shape index (κ1) is 27.0. The van der Waals surface area contributed by atoms with E-state index in [1.54, 1.807) is 24.3 Å². The number of halogens is 4. The predicted octanol–water partition coefficient (Wildman–Crippen LogP) is 5.63. The van der Waals surface area contributed by atoms with E-state index in [-0.39, 0.29) is 17.9 Å². The van der Waals surface area contributed by atoms with Gasteiger partial charge in [0.1, 0.15) is 22.7 Å². The number of hydrogen-bond donors (Lipinski definition) is 0. The summed E-state index contributed by atoms with van der Waals surface area (Å²) in [6, 6.07) is 11.0. The minimum Gasteiger partial charge on any atom is -0.489 e. The van der Waals surface area contributed by atoms with Crippen LogP contribution in [-0.4, -0.2) is 23.8 Å². The average molecular weight is 580 g/mol. The molecule has 0 bridgehead atoms. The molecule has 2 heterocycles. The Balaban J connectivity index is 1.46. The average Bonchev–Trinajstić information content (AvgIpc) is 3.68. The Hall–Kier alpha value is -3.63. The summed E-state index contributed by atoms with van der Waals surface area (Å²) < 4.78 is 48.7. The Morgan fingerprint density at radius 2 is 1.85 bits per heavy atom. The second-order valence-electron chi connectivity index (χ2n) is 9.07. The van der Waals surface area contributed by atoms with Gasteiger partial charge in [0.15, 0.2) is 29.5 Å². The minimum atomic E-state index is -3.05. The number of carbonyl (C=O) groups is 1. The molecule has 0 aliphatic heterocycles. The molecule has 0 unspecified atom stereocenters. The molecule has 1 N–H and O–H groups in total. The summed E-state index contributed by atoms with van der Waals surface area (Å²) >= 11 is 12.7. The van der Waals surface area contributed by atoms with Gasteiger partial charge in [0.25, 0.3) is 0 Å². The minimum absolute atomic E-state index is 0.0518. The van der Waals surface area contributed by atoms with Crippen LogP contribution in [0.1, 0.15) is 30.1 Å². The van der Waals surface area contributed by atoms with Crippen molar-refractivity contribution < 1.29 is 37.2 Å². The molecule has 12 heteroatoms. The number of esters is 1. The van der Waals surface area contributed by atoms with Crippen molar-refractivity contribution in [1.29, 1.82) is 0 Å². The number of hydrogen-bond acceptors (Lipinski definition) is 6. The molecule has 1 aliphatic rings. The molecule has 1 fully saturated rings. The summed E-state index contributed by atoms with van der Waals surface area (Å²) in [5, 5.41) is 0.618. The zero-order valence-electron chi connectivity index (χ0n) is 20.4. The highest BCUT2D eigenvalue weighted by Crippen LogP contribution is 2.37. The highest BCUT2D eigenvalue weighted by molar-refractivity contribution is 6.35. The number of para-hydroxylation sites is 2. The number of benzene rings is 2. The fourth-order valence-corrected chi connectivity index (χ4v) is 4.63. The van der Waals surface area contributed by atoms with Crippen molar-refractivity contribution in [2.45, 2.75) is 38.5 Å². The molecule has 0 amide bonds. The number of aromatic amines is 1. The van der Waals surface area contributed by atoms with Crippen molar-refractivity contribution in [3.05, 3.63) is 86.6 Å². The first-order valence-electron chi connectivity index (χ1n) is 12.1. The second kappa shape index (κ2) is 11.6. The molecule has 4 aromatic rings. The molecular weight excluding hydrogens is 557 g/mol. The lowest BCUT2D eigenvalue weighted by Crippen LogP contribution is -2.24. The van der Waals surface area contributed by atoms with Gasteiger partial charge in [0, 0.05) is 12.0 Å². The van der Waals surface area contributed by atoms with Gasteiger partial charge in [-0.05, 0) is 48.6 Å². The number of aromatic nitrogens is 2. The zero-order chi connectivity index (χ0) is 27.5. The van der Waals surface area contributed by atoms with Crippen LogP contribution < -0.4 is 20.2 Å². The van der Waals surface area contributed by atoms with Crippen LogP contribution in [0.4, 0.5) is 8.78 Å². The van der Waals surface area contributed by atoms with Crippen molar-refractivity contribution in [3.63, 3.8) is 0 Å². The van der Waals surface area contributed by atoms with Gasteiger partial charge in [-0.25, -0.2) is 9.78 Å². The van der Waals surface area contributed by atoms with E-state index in [2.05, 4.69) is 9.72 Å². The van der Waals surface area contributed by atoms with Crippen LogP contribution >= 0.6 is 23.2 Å². The molecular formula is C27H23Cl2F2N2O6+. The van der Waals surface area contributed by atoms with E-state index < -0.39 is 31.0 Å². The maximum atomic E-state index is 13.1. The van der Waals surface area contributed by atoms with Crippen molar-refractivity contribution >= 4 is 40.3 Å². The number of rotatable bonds is 11. The molecule has 5 rings (SSSR count). The van der Waals surface area contributed by atoms with E-state index in [0.29, 0.717) is 44.8 Å². The molecule has 1 aliphatic carbocycles. The Bertz CT molecular complexity index is 1530. The molecule has 2 aromatic carbocycles. The maximum absolute atomic E-state index is 13.1. The van der Waals surface area contributed by atoms with Crippen LogP contribution in [0.5, 0.6) is 11.5 Å². The summed E-state index contributed by atoms with van der Waals surface area (Å²) in [5.41, 5.74) is 1.69. The molecule has 2 aromatic heterocycles. The van der Waals surface area contributed by atoms with E-state index in [1.165, 1.54) is 30.6 Å². The van der Waals surface area contributed by atoms with E-state index in [9.17, 15) is 18.4 Å². The standard InChI is InChI=1S/C27H22Cl2F2N2O6/c28-18-11-32-12-19(29)17(18)10-23(37-25(34)13-33-20-3-1-2-4-21(20)39-27(33)35)16-7-8-22(38-26(30)31)24(9-16)36-14-15-5-6-15/h1-4,7-9,11-12,15,23,26H,5-6,10,13-14H2/p+1/t23-/m0/s1. The van der Waals surface area contributed by atoms with Gasteiger partial charge in [0.2, 0.25) is 0 Å². The van der Waals surface area contributed by atoms with Crippen LogP contribution in [0.25, 0.3) is 11.1 Å². The molecule has 0 saturated heterocycles. The van der Waals surface area contributed by atoms with E-state index >= 15 is 0 Å². The monoisotopic (exact) mass is 579 g/mol. The Morgan fingerprint density at radius 1 is 1.10 bits per heavy atom. The van der Waals surface area contributed by atoms with Crippen LogP contribution in [0.2, 0.25) is 10.0 Å². The number of oxazole rings is 1. The molecule has 0 spiro atoms. The van der Waals surface area contributed by atoms with Crippen LogP contribution in [0.3, 0.4) is 0 Å². The lowest BCUT2D eigenvalue weighted by Gasteiger charge is -2.21. The number of nitrogens with one attached hydrogen (secondary N) is 1. The van der Waals surface area contributed by atoms with Crippen LogP contribution in [-0.2, 0) is 22.5 Å². The van der Waals surface area contributed by atoms with Crippen molar-refractivity contribution in [2.24, 2.45) is 5.92 Å². The smallest absolute Gasteiger partial charge is 0.420 e. The predicted molar refractivity (Wildman–Crippen MR) is 137 cm³/mol. The second-order valence-corrected chi connectivity index (χ2v) is 9.89. The third-order valence-electron chi connectivity index (χ3n) is 6.25. The van der Waals surface area contributed by atoms with Crippen molar-refractivity contribution in [3.8, 4) is 11.5 Å². The third kappa shape index (κ3) is 6.51. The Morgan fingerprint density at radius 3 is 2.56 bits per heavy atom. The summed E-state index contributed by atoms with van der Waals surface area (Å²) in [7, 11) is 0. The fraction of sp³-hybridized carbons (Fsp3) is 0.296. The summed E-state index contributed by atoms with van der Waals surface area (Å²) in [6.07, 6.45) is 4.14. The summed E-state index contributed by atoms with van der Waals surface area (Å²) in [6.45, 7) is -3.13. The number of carbonyl (C=O) groups excluding carboxylic acids is 1. The molecule has 1 saturated carbocycles. The number of nitrogens with zero attached hydrogens (tertiary/aromatic N) is 1. The largest absolute Gasteiger partial charge is 0.489 e. The number of fused-ring (bicyclic) bond motifs is 1. The molecule has 204 valence electrons. The van der Waals surface area contributed by atoms with Gasteiger partial charge in [-0.1, -0.05) is 41.4 Å². The summed E-state index contributed by atoms with van der Waals surface area (Å²) in [4.78, 5) is 28.3. The van der Waals surface area contributed by atoms with Gasteiger partial charge in [-0.15, -0.1) is 0 Å². The fourth-order valence-electron chi connectivity index (χ4n) is 4.10. The molecule has 39 heavy (non-hydrogen) atoms. The van der Waals surface area contributed by atoms with E-state index in [0.717, 1.165) is 17.4 Å². The van der Waals surface area contributed by atoms with Crippen LogP contribution in [0, 0.1) is 5.92 Å². The van der Waals surface area contributed by atoms with Crippen LogP contribution in [0.15, 0.2) is 64.1 Å². The SMILES string of the molecule is O=C(Cn1c(=O)oc2ccccc21)O[C@@H](Cc1c(Cl)c[nH+]cc1Cl)c1ccc(OC(F)F)c(OCC2CC2)c1. The number of H-pyrrole nitrogens is 1. The normalized spacial score (nSPS) is 14.0. The zero-order valence-corrected chi connectivity index (χ0v) is 21.9. The lowest BCUT2D eigenvalue weighted by atomic mass is 10.0. The van der Waals surface area contributed by atoms with Gasteiger partial charge in [0.05, 0.1) is 12.1 Å². The van der Waals surface area contributed by atoms with Crippen molar-refractivity contribution in [2.75, 3.05) is 6.61 Å². The quantitative estimate of drug-likeness (QED) is 0.214. The van der Waals surface area contributed by atoms with Gasteiger partial charge >= 0.3 is 18.3 Å². The molecule has 0 radical (unpaired) electrons. The number of alkyl halides is 2. The molecule has 8 nitrogen and oxygen atoms in total. The highest BCUT2D eigenvalue weighted by atomic mass is 35.5. The van der Waals surface area contributed by atoms with E-state index in [1.807, 2.05) is 0 Å². The van der Waals surface area contributed by atoms with Gasteiger partial charge < -0.3 is 18.6 Å². The third-order valence-corrected chi connectivity index (χ3v) is 6.92. The van der Waals surface area contributed by atoms with E-state index in [4.69, 9.17) is 37.1 Å². The first-order chi connectivity index (χ1) is 18.8. The number of ether oxygens (including phenoxy) is 3. The van der Waals surface area contributed by atoms with Gasteiger partial charge in [-0.3, -0.25) is 9.36 Å². The summed E-state index contributed by atoms with van der Waals surface area (Å²) in [5.74, 6) is -1.14. The Labute approximate surface area is 231 Å². The number of pyridine rings is 1. The lowest BCUT2D eigenvalue weighted by molar-refractivity contribution is -0.377. The molecule has 1 atom stereocenters. The van der Waals surface area contributed by atoms with Gasteiger partial charge in [-0.2, -0.15) is 8.78 Å². The highest BCUT2D eigenvalue weighted by Gasteiger charge is 2.26. The topological polar surface area (TPSA) is 94.0 Å². The Kier molecular flexibility index (Phi) is 8.04. The maximum Gasteiger partial charge on any atom is 0.420 e. The first-order valence-corrected chi connectivity index (χ1v) is 12.9. The van der Waals surface area contributed by atoms with Crippen molar-refractivity contribution in [1.82, 2.24) is 4.57 Å².